The molecule has 88 valence electrons. The van der Waals surface area contributed by atoms with Gasteiger partial charge in [0.15, 0.2) is 0 Å². The van der Waals surface area contributed by atoms with Crippen molar-refractivity contribution in [3.05, 3.63) is 46.3 Å². The average molecular weight is 252 g/mol. The molecule has 0 amide bonds. The lowest BCUT2D eigenvalue weighted by atomic mass is 10.2. The van der Waals surface area contributed by atoms with E-state index in [0.717, 1.165) is 5.56 Å². The normalized spacial score (nSPS) is 10.3. The van der Waals surface area contributed by atoms with Crippen LogP contribution in [0.5, 0.6) is 5.75 Å². The first kappa shape index (κ1) is 11.7. The van der Waals surface area contributed by atoms with Crippen LogP contribution in [-0.4, -0.2) is 11.1 Å². The van der Waals surface area contributed by atoms with E-state index in [1.165, 1.54) is 6.07 Å². The molecular formula is C12H10ClNO3. The van der Waals surface area contributed by atoms with E-state index >= 15 is 0 Å². The van der Waals surface area contributed by atoms with Crippen LogP contribution in [0.25, 0.3) is 0 Å². The highest BCUT2D eigenvalue weighted by Crippen LogP contribution is 2.26. The lowest BCUT2D eigenvalue weighted by Gasteiger charge is -2.04. The Morgan fingerprint density at radius 1 is 1.35 bits per heavy atom. The molecule has 2 rings (SSSR count). The SMILES string of the molecule is Cc1ccc(Cl)c(OC(=O)c2cc(C)no2)c1. The minimum Gasteiger partial charge on any atom is -0.419 e. The molecule has 0 aliphatic rings. The molecule has 0 aliphatic carbocycles. The molecule has 4 nitrogen and oxygen atoms in total. The molecule has 0 radical (unpaired) electrons. The second kappa shape index (κ2) is 4.59. The number of hydrogen-bond acceptors (Lipinski definition) is 4. The zero-order chi connectivity index (χ0) is 12.4. The van der Waals surface area contributed by atoms with Crippen LogP contribution in [0.2, 0.25) is 5.02 Å². The molecule has 0 saturated carbocycles. The van der Waals surface area contributed by atoms with Gasteiger partial charge in [-0.2, -0.15) is 0 Å². The Bertz CT molecular complexity index is 563. The molecule has 0 atom stereocenters. The smallest absolute Gasteiger partial charge is 0.382 e. The minimum atomic E-state index is -0.613. The summed E-state index contributed by atoms with van der Waals surface area (Å²) in [5.74, 6) is -0.246. The number of nitrogens with zero attached hydrogens (tertiary/aromatic N) is 1. The van der Waals surface area contributed by atoms with Crippen molar-refractivity contribution in [2.24, 2.45) is 0 Å². The third kappa shape index (κ3) is 2.65. The second-order valence-electron chi connectivity index (χ2n) is 3.66. The lowest BCUT2D eigenvalue weighted by molar-refractivity contribution is 0.0691. The third-order valence-corrected chi connectivity index (χ3v) is 2.43. The predicted molar refractivity (Wildman–Crippen MR) is 62.4 cm³/mol. The van der Waals surface area contributed by atoms with Gasteiger partial charge in [0.1, 0.15) is 5.75 Å². The first-order valence-corrected chi connectivity index (χ1v) is 5.36. The number of aryl methyl sites for hydroxylation is 2. The fraction of sp³-hybridized carbons (Fsp3) is 0.167. The number of carbonyl (C=O) groups excluding carboxylic acids is 1. The van der Waals surface area contributed by atoms with Crippen molar-refractivity contribution in [2.45, 2.75) is 13.8 Å². The van der Waals surface area contributed by atoms with Gasteiger partial charge in [-0.3, -0.25) is 0 Å². The molecule has 5 heteroatoms. The van der Waals surface area contributed by atoms with Gasteiger partial charge in [-0.25, -0.2) is 4.79 Å². The number of carbonyl (C=O) groups is 1. The van der Waals surface area contributed by atoms with Gasteiger partial charge >= 0.3 is 5.97 Å². The monoisotopic (exact) mass is 251 g/mol. The summed E-state index contributed by atoms with van der Waals surface area (Å²) in [6.07, 6.45) is 0. The van der Waals surface area contributed by atoms with Crippen LogP contribution in [0.1, 0.15) is 21.8 Å². The van der Waals surface area contributed by atoms with Crippen molar-refractivity contribution < 1.29 is 14.1 Å². The zero-order valence-corrected chi connectivity index (χ0v) is 10.1. The van der Waals surface area contributed by atoms with Crippen LogP contribution in [0.15, 0.2) is 28.8 Å². The highest BCUT2D eigenvalue weighted by atomic mass is 35.5. The highest BCUT2D eigenvalue weighted by molar-refractivity contribution is 6.32. The number of hydrogen-bond donors (Lipinski definition) is 0. The fourth-order valence-electron chi connectivity index (χ4n) is 1.30. The molecule has 1 aromatic carbocycles. The van der Waals surface area contributed by atoms with Gasteiger partial charge in [0.25, 0.3) is 0 Å². The molecule has 0 aliphatic heterocycles. The molecule has 0 spiro atoms. The lowest BCUT2D eigenvalue weighted by Crippen LogP contribution is -2.07. The van der Waals surface area contributed by atoms with Crippen LogP contribution in [0, 0.1) is 13.8 Å². The number of halogens is 1. The van der Waals surface area contributed by atoms with Gasteiger partial charge in [0.05, 0.1) is 10.7 Å². The molecule has 1 aromatic heterocycles. The Balaban J connectivity index is 2.21. The summed E-state index contributed by atoms with van der Waals surface area (Å²) in [6.45, 7) is 3.60. The summed E-state index contributed by atoms with van der Waals surface area (Å²) in [5, 5.41) is 3.99. The van der Waals surface area contributed by atoms with Gasteiger partial charge in [0, 0.05) is 6.07 Å². The minimum absolute atomic E-state index is 0.0556. The summed E-state index contributed by atoms with van der Waals surface area (Å²) in [5.41, 5.74) is 1.57. The summed E-state index contributed by atoms with van der Waals surface area (Å²) in [4.78, 5) is 11.7. The van der Waals surface area contributed by atoms with E-state index in [1.807, 2.05) is 13.0 Å². The maximum atomic E-state index is 11.7. The number of rotatable bonds is 2. The van der Waals surface area contributed by atoms with Crippen molar-refractivity contribution >= 4 is 17.6 Å². The second-order valence-corrected chi connectivity index (χ2v) is 4.06. The predicted octanol–water partition coefficient (Wildman–Crippen LogP) is 3.16. The fourth-order valence-corrected chi connectivity index (χ4v) is 1.45. The van der Waals surface area contributed by atoms with Crippen LogP contribution in [0.4, 0.5) is 0 Å². The maximum Gasteiger partial charge on any atom is 0.382 e. The van der Waals surface area contributed by atoms with Gasteiger partial charge < -0.3 is 9.26 Å². The average Bonchev–Trinajstić information content (AvgIpc) is 2.70. The van der Waals surface area contributed by atoms with E-state index in [2.05, 4.69) is 5.16 Å². The maximum absolute atomic E-state index is 11.7. The van der Waals surface area contributed by atoms with E-state index in [9.17, 15) is 4.79 Å². The number of benzene rings is 1. The number of ether oxygens (including phenoxy) is 1. The van der Waals surface area contributed by atoms with Gasteiger partial charge in [-0.15, -0.1) is 0 Å². The summed E-state index contributed by atoms with van der Waals surface area (Å²) in [6, 6.07) is 6.69. The molecule has 0 unspecified atom stereocenters. The van der Waals surface area contributed by atoms with Gasteiger partial charge in [-0.1, -0.05) is 22.8 Å². The molecule has 0 bridgehead atoms. The van der Waals surface area contributed by atoms with Crippen LogP contribution in [-0.2, 0) is 0 Å². The molecule has 0 N–H and O–H groups in total. The largest absolute Gasteiger partial charge is 0.419 e. The topological polar surface area (TPSA) is 52.3 Å². The van der Waals surface area contributed by atoms with E-state index in [-0.39, 0.29) is 5.76 Å². The van der Waals surface area contributed by atoms with E-state index in [0.29, 0.717) is 16.5 Å². The molecule has 0 saturated heterocycles. The Morgan fingerprint density at radius 2 is 2.12 bits per heavy atom. The zero-order valence-electron chi connectivity index (χ0n) is 9.36. The van der Waals surface area contributed by atoms with Crippen LogP contribution >= 0.6 is 11.6 Å². The standard InChI is InChI=1S/C12H10ClNO3/c1-7-3-4-9(13)10(5-7)16-12(15)11-6-8(2)14-17-11/h3-6H,1-2H3. The first-order valence-electron chi connectivity index (χ1n) is 4.98. The van der Waals surface area contributed by atoms with Crippen LogP contribution in [0.3, 0.4) is 0 Å². The molecule has 0 fully saturated rings. The van der Waals surface area contributed by atoms with Crippen molar-refractivity contribution in [1.29, 1.82) is 0 Å². The summed E-state index contributed by atoms with van der Waals surface area (Å²) >= 11 is 5.91. The van der Waals surface area contributed by atoms with E-state index in [1.54, 1.807) is 19.1 Å². The van der Waals surface area contributed by atoms with E-state index in [4.69, 9.17) is 20.9 Å². The molecular weight excluding hydrogens is 242 g/mol. The number of esters is 1. The molecule has 2 aromatic rings. The van der Waals surface area contributed by atoms with E-state index < -0.39 is 5.97 Å². The van der Waals surface area contributed by atoms with Gasteiger partial charge in [-0.05, 0) is 31.5 Å². The quantitative estimate of drug-likeness (QED) is 0.608. The third-order valence-electron chi connectivity index (χ3n) is 2.12. The molecule has 17 heavy (non-hydrogen) atoms. The summed E-state index contributed by atoms with van der Waals surface area (Å²) in [7, 11) is 0. The Kier molecular flexibility index (Phi) is 3.15. The Morgan fingerprint density at radius 3 is 2.76 bits per heavy atom. The molecule has 1 heterocycles. The van der Waals surface area contributed by atoms with Crippen LogP contribution < -0.4 is 4.74 Å². The van der Waals surface area contributed by atoms with Crippen molar-refractivity contribution in [1.82, 2.24) is 5.16 Å². The van der Waals surface area contributed by atoms with Crippen molar-refractivity contribution in [2.75, 3.05) is 0 Å². The summed E-state index contributed by atoms with van der Waals surface area (Å²) < 4.78 is 9.92. The highest BCUT2D eigenvalue weighted by Gasteiger charge is 2.15. The van der Waals surface area contributed by atoms with Crippen molar-refractivity contribution in [3.8, 4) is 5.75 Å². The Hall–Kier alpha value is -1.81. The number of aromatic nitrogens is 1. The van der Waals surface area contributed by atoms with Gasteiger partial charge in [0.2, 0.25) is 5.76 Å². The Labute approximate surface area is 103 Å². The van der Waals surface area contributed by atoms with Crippen molar-refractivity contribution in [3.63, 3.8) is 0 Å². The first-order chi connectivity index (χ1) is 8.06.